The molecule has 0 aromatic carbocycles. The fourth-order valence-electron chi connectivity index (χ4n) is 9.25. The number of unbranched alkanes of at least 4 members (excludes halogenated alkanes) is 1. The standard InChI is InChI=1S/C38H57NO4/c1-7-8-11-30-23-39-36(43-30)38(19-20-38)33(35(42)24(2)3)15-12-25(4)31-16-17-32-27(10-9-18-37(31,32)6)13-14-28-21-29(40)22-34(41)26(28)5/h13-14,23-25,29,31-34,40-41H,5,7-12,15-22H2,1-4,6H3/b27-13+,28-14-/t25-,29-,31-,32+,33-,34+,37-/m1/s1. The molecule has 0 spiro atoms. The predicted octanol–water partition coefficient (Wildman–Crippen LogP) is 8.45. The van der Waals surface area contributed by atoms with Crippen LogP contribution >= 0.6 is 0 Å². The van der Waals surface area contributed by atoms with Crippen LogP contribution in [0.1, 0.15) is 130 Å². The molecule has 1 aromatic heterocycles. The van der Waals surface area contributed by atoms with Crippen LogP contribution in [0.15, 0.2) is 46.1 Å². The second-order valence-electron chi connectivity index (χ2n) is 15.2. The van der Waals surface area contributed by atoms with Gasteiger partial charge in [0.05, 0.1) is 23.8 Å². The van der Waals surface area contributed by atoms with Crippen LogP contribution in [0.4, 0.5) is 0 Å². The summed E-state index contributed by atoms with van der Waals surface area (Å²) in [6, 6.07) is 0. The zero-order chi connectivity index (χ0) is 30.9. The second-order valence-corrected chi connectivity index (χ2v) is 15.2. The van der Waals surface area contributed by atoms with Crippen LogP contribution < -0.4 is 0 Å². The van der Waals surface area contributed by atoms with Crippen molar-refractivity contribution in [2.45, 2.75) is 142 Å². The summed E-state index contributed by atoms with van der Waals surface area (Å²) in [5, 5.41) is 20.5. The van der Waals surface area contributed by atoms with E-state index in [9.17, 15) is 15.0 Å². The number of aryl methyl sites for hydroxylation is 1. The third-order valence-corrected chi connectivity index (χ3v) is 12.0. The smallest absolute Gasteiger partial charge is 0.201 e. The molecule has 5 nitrogen and oxygen atoms in total. The van der Waals surface area contributed by atoms with Crippen LogP contribution in [-0.2, 0) is 16.6 Å². The van der Waals surface area contributed by atoms with E-state index in [0.717, 1.165) is 74.2 Å². The van der Waals surface area contributed by atoms with E-state index in [1.165, 1.54) is 31.3 Å². The Morgan fingerprint density at radius 2 is 1.93 bits per heavy atom. The number of nitrogens with zero attached hydrogens (tertiary/aromatic N) is 1. The number of rotatable bonds is 12. The molecule has 5 heteroatoms. The highest BCUT2D eigenvalue weighted by atomic mass is 16.4. The normalized spacial score (nSPS) is 33.6. The van der Waals surface area contributed by atoms with Gasteiger partial charge in [-0.05, 0) is 105 Å². The van der Waals surface area contributed by atoms with E-state index in [1.54, 1.807) is 0 Å². The number of aliphatic hydroxyl groups excluding tert-OH is 2. The maximum atomic E-state index is 13.7. The Morgan fingerprint density at radius 3 is 2.63 bits per heavy atom. The third kappa shape index (κ3) is 6.54. The van der Waals surface area contributed by atoms with Gasteiger partial charge in [0.2, 0.25) is 5.89 Å². The lowest BCUT2D eigenvalue weighted by atomic mass is 9.60. The van der Waals surface area contributed by atoms with Gasteiger partial charge in [0.25, 0.3) is 0 Å². The summed E-state index contributed by atoms with van der Waals surface area (Å²) >= 11 is 0. The van der Waals surface area contributed by atoms with Crippen LogP contribution in [0.2, 0.25) is 0 Å². The maximum Gasteiger partial charge on any atom is 0.201 e. The Balaban J connectivity index is 1.29. The maximum absolute atomic E-state index is 13.7. The molecule has 0 saturated heterocycles. The van der Waals surface area contributed by atoms with Gasteiger partial charge in [0.1, 0.15) is 11.5 Å². The highest BCUT2D eigenvalue weighted by Gasteiger charge is 2.57. The minimum Gasteiger partial charge on any atom is -0.445 e. The molecule has 0 unspecified atom stereocenters. The summed E-state index contributed by atoms with van der Waals surface area (Å²) < 4.78 is 6.31. The van der Waals surface area contributed by atoms with Crippen LogP contribution in [-0.4, -0.2) is 33.2 Å². The molecule has 0 bridgehead atoms. The van der Waals surface area contributed by atoms with E-state index >= 15 is 0 Å². The van der Waals surface area contributed by atoms with Gasteiger partial charge in [-0.25, -0.2) is 4.98 Å². The molecule has 0 amide bonds. The highest BCUT2D eigenvalue weighted by Crippen LogP contribution is 2.61. The molecule has 4 aliphatic rings. The van der Waals surface area contributed by atoms with Crippen molar-refractivity contribution in [3.05, 3.63) is 53.3 Å². The number of oxazole rings is 1. The fourth-order valence-corrected chi connectivity index (χ4v) is 9.25. The molecular weight excluding hydrogens is 534 g/mol. The number of ketones is 1. The number of aromatic nitrogens is 1. The molecule has 2 N–H and O–H groups in total. The molecular formula is C38H57NO4. The van der Waals surface area contributed by atoms with Crippen molar-refractivity contribution in [2.24, 2.45) is 35.0 Å². The lowest BCUT2D eigenvalue weighted by Crippen LogP contribution is -2.37. The number of Topliss-reactive ketones (excluding diaryl/α,β-unsaturated/α-hetero) is 1. The van der Waals surface area contributed by atoms with E-state index in [-0.39, 0.29) is 22.7 Å². The average molecular weight is 592 g/mol. The number of carbonyl (C=O) groups excluding carboxylic acids is 1. The molecule has 4 fully saturated rings. The SMILES string of the molecule is C=C1/C(=C\C=C2/CCC[C@]3(C)[C@@H]([C@H](C)CC[C@H](C(=O)C(C)C)C4(c5ncc(CCCC)o5)CC4)CC[C@@H]23)C[C@@H](O)C[C@@H]1O. The van der Waals surface area contributed by atoms with Gasteiger partial charge in [-0.1, -0.05) is 65.3 Å². The molecule has 43 heavy (non-hydrogen) atoms. The van der Waals surface area contributed by atoms with Crippen molar-refractivity contribution >= 4 is 5.78 Å². The zero-order valence-corrected chi connectivity index (χ0v) is 27.5. The van der Waals surface area contributed by atoms with Gasteiger partial charge >= 0.3 is 0 Å². The predicted molar refractivity (Wildman–Crippen MR) is 172 cm³/mol. The highest BCUT2D eigenvalue weighted by molar-refractivity contribution is 5.84. The first kappa shape index (κ1) is 32.4. The number of carbonyl (C=O) groups is 1. The summed E-state index contributed by atoms with van der Waals surface area (Å²) in [7, 11) is 0. The quantitative estimate of drug-likeness (QED) is 0.255. The minimum absolute atomic E-state index is 0.0136. The number of fused-ring (bicyclic) bond motifs is 1. The van der Waals surface area contributed by atoms with E-state index in [0.29, 0.717) is 36.4 Å². The molecule has 0 radical (unpaired) electrons. The Hall–Kier alpha value is -1.98. The molecule has 4 aliphatic carbocycles. The van der Waals surface area contributed by atoms with Gasteiger partial charge in [-0.3, -0.25) is 4.79 Å². The Labute approximate surface area is 260 Å². The lowest BCUT2D eigenvalue weighted by Gasteiger charge is -2.44. The molecule has 5 rings (SSSR count). The summed E-state index contributed by atoms with van der Waals surface area (Å²) in [4.78, 5) is 18.4. The Bertz CT molecular complexity index is 1220. The molecule has 7 atom stereocenters. The van der Waals surface area contributed by atoms with Crippen molar-refractivity contribution in [3.63, 3.8) is 0 Å². The van der Waals surface area contributed by atoms with Gasteiger partial charge in [-0.2, -0.15) is 0 Å². The van der Waals surface area contributed by atoms with E-state index in [2.05, 4.69) is 53.3 Å². The topological polar surface area (TPSA) is 83.6 Å². The lowest BCUT2D eigenvalue weighted by molar-refractivity contribution is -0.127. The van der Waals surface area contributed by atoms with E-state index in [1.807, 2.05) is 6.20 Å². The summed E-state index contributed by atoms with van der Waals surface area (Å²) in [5.41, 5.74) is 3.36. The van der Waals surface area contributed by atoms with Gasteiger partial charge in [-0.15, -0.1) is 0 Å². The number of allylic oxidation sites excluding steroid dienone is 3. The summed E-state index contributed by atoms with van der Waals surface area (Å²) in [6.45, 7) is 15.4. The van der Waals surface area contributed by atoms with Crippen molar-refractivity contribution in [2.75, 3.05) is 0 Å². The van der Waals surface area contributed by atoms with Gasteiger partial charge < -0.3 is 14.6 Å². The average Bonchev–Trinajstić information content (AvgIpc) is 3.47. The molecule has 1 aromatic rings. The number of hydrogen-bond acceptors (Lipinski definition) is 5. The first-order valence-electron chi connectivity index (χ1n) is 17.4. The summed E-state index contributed by atoms with van der Waals surface area (Å²) in [5.74, 6) is 3.94. The Kier molecular flexibility index (Phi) is 9.93. The van der Waals surface area contributed by atoms with E-state index in [4.69, 9.17) is 9.40 Å². The molecule has 1 heterocycles. The minimum atomic E-state index is -0.644. The van der Waals surface area contributed by atoms with Gasteiger partial charge in [0.15, 0.2) is 0 Å². The van der Waals surface area contributed by atoms with E-state index < -0.39 is 12.2 Å². The van der Waals surface area contributed by atoms with Crippen LogP contribution in [0.5, 0.6) is 0 Å². The number of aliphatic hydroxyl groups is 2. The second kappa shape index (κ2) is 13.2. The van der Waals surface area contributed by atoms with Crippen molar-refractivity contribution in [3.8, 4) is 0 Å². The fraction of sp³-hybridized carbons (Fsp3) is 0.737. The first-order chi connectivity index (χ1) is 20.5. The van der Waals surface area contributed by atoms with Crippen molar-refractivity contribution in [1.82, 2.24) is 4.98 Å². The largest absolute Gasteiger partial charge is 0.445 e. The van der Waals surface area contributed by atoms with Gasteiger partial charge in [0, 0.05) is 24.7 Å². The van der Waals surface area contributed by atoms with Crippen molar-refractivity contribution < 1.29 is 19.4 Å². The Morgan fingerprint density at radius 1 is 1.16 bits per heavy atom. The van der Waals surface area contributed by atoms with Crippen LogP contribution in [0, 0.1) is 35.0 Å². The summed E-state index contributed by atoms with van der Waals surface area (Å²) in [6.07, 6.45) is 19.4. The number of hydrogen-bond donors (Lipinski definition) is 2. The van der Waals surface area contributed by atoms with Crippen LogP contribution in [0.25, 0.3) is 0 Å². The first-order valence-corrected chi connectivity index (χ1v) is 17.4. The third-order valence-electron chi connectivity index (χ3n) is 12.0. The molecule has 238 valence electrons. The monoisotopic (exact) mass is 591 g/mol. The zero-order valence-electron chi connectivity index (χ0n) is 27.5. The van der Waals surface area contributed by atoms with Crippen molar-refractivity contribution in [1.29, 1.82) is 0 Å². The van der Waals surface area contributed by atoms with Crippen LogP contribution in [0.3, 0.4) is 0 Å². The molecule has 0 aliphatic heterocycles. The molecule has 4 saturated carbocycles.